The lowest BCUT2D eigenvalue weighted by molar-refractivity contribution is -0.308. The molecule has 0 saturated carbocycles. The van der Waals surface area contributed by atoms with Gasteiger partial charge in [0, 0.05) is 28.1 Å². The highest BCUT2D eigenvalue weighted by atomic mass is 35.5. The smallest absolute Gasteiger partial charge is 0.189 e. The number of aromatic nitrogens is 1. The number of rotatable bonds is 3. The third-order valence-electron chi connectivity index (χ3n) is 2.88. The molecular formula is C13H11ClNO3-. The van der Waals surface area contributed by atoms with Gasteiger partial charge in [-0.1, -0.05) is 18.5 Å². The van der Waals surface area contributed by atoms with Gasteiger partial charge < -0.3 is 14.9 Å². The van der Waals surface area contributed by atoms with E-state index in [9.17, 15) is 14.7 Å². The molecule has 0 aliphatic heterocycles. The van der Waals surface area contributed by atoms with Gasteiger partial charge in [-0.3, -0.25) is 4.79 Å². The van der Waals surface area contributed by atoms with Gasteiger partial charge in [-0.2, -0.15) is 0 Å². The number of H-pyrrole nitrogens is 1. The first-order valence-electron chi connectivity index (χ1n) is 5.56. The summed E-state index contributed by atoms with van der Waals surface area (Å²) in [4.78, 5) is 25.8. The largest absolute Gasteiger partial charge is 0.549 e. The van der Waals surface area contributed by atoms with Gasteiger partial charge in [0.05, 0.1) is 11.5 Å². The van der Waals surface area contributed by atoms with E-state index >= 15 is 0 Å². The molecule has 1 N–H and O–H groups in total. The Morgan fingerprint density at radius 1 is 1.44 bits per heavy atom. The molecule has 0 aliphatic rings. The molecule has 1 atom stereocenters. The van der Waals surface area contributed by atoms with Crippen molar-refractivity contribution in [2.24, 2.45) is 0 Å². The van der Waals surface area contributed by atoms with Crippen LogP contribution in [0, 0.1) is 0 Å². The van der Waals surface area contributed by atoms with E-state index in [1.54, 1.807) is 25.1 Å². The second-order valence-electron chi connectivity index (χ2n) is 4.06. The summed E-state index contributed by atoms with van der Waals surface area (Å²) < 4.78 is 0. The molecule has 0 amide bonds. The molecule has 18 heavy (non-hydrogen) atoms. The standard InChI is InChI=1S/C13H12ClNO3/c1-2-8(13(17)18)11-6-12(16)9-4-3-7(14)5-10(9)15-11/h3-6,8H,2H2,1H3,(H,15,16)(H,17,18)/p-1. The molecule has 0 bridgehead atoms. The molecule has 5 heteroatoms. The van der Waals surface area contributed by atoms with Crippen molar-refractivity contribution in [2.45, 2.75) is 19.3 Å². The van der Waals surface area contributed by atoms with Gasteiger partial charge in [-0.25, -0.2) is 0 Å². The molecule has 0 spiro atoms. The van der Waals surface area contributed by atoms with Crippen molar-refractivity contribution in [1.29, 1.82) is 0 Å². The summed E-state index contributed by atoms with van der Waals surface area (Å²) in [6.07, 6.45) is 0.352. The van der Waals surface area contributed by atoms with Crippen LogP contribution in [-0.2, 0) is 4.79 Å². The topological polar surface area (TPSA) is 73.0 Å². The molecule has 1 unspecified atom stereocenters. The van der Waals surface area contributed by atoms with Gasteiger partial charge in [0.2, 0.25) is 0 Å². The molecule has 0 radical (unpaired) electrons. The van der Waals surface area contributed by atoms with Gasteiger partial charge >= 0.3 is 0 Å². The van der Waals surface area contributed by atoms with E-state index in [-0.39, 0.29) is 5.43 Å². The van der Waals surface area contributed by atoms with Crippen LogP contribution in [0.1, 0.15) is 25.0 Å². The molecule has 1 aromatic heterocycles. The maximum Gasteiger partial charge on any atom is 0.189 e. The molecular weight excluding hydrogens is 254 g/mol. The van der Waals surface area contributed by atoms with Crippen LogP contribution in [0.4, 0.5) is 0 Å². The number of carbonyl (C=O) groups excluding carboxylic acids is 1. The number of aromatic amines is 1. The van der Waals surface area contributed by atoms with Gasteiger partial charge in [-0.05, 0) is 24.6 Å². The summed E-state index contributed by atoms with van der Waals surface area (Å²) in [5.41, 5.74) is 0.650. The molecule has 2 rings (SSSR count). The summed E-state index contributed by atoms with van der Waals surface area (Å²) in [7, 11) is 0. The fourth-order valence-electron chi connectivity index (χ4n) is 1.95. The first-order chi connectivity index (χ1) is 8.52. The zero-order valence-electron chi connectivity index (χ0n) is 9.70. The second-order valence-corrected chi connectivity index (χ2v) is 4.50. The van der Waals surface area contributed by atoms with Crippen LogP contribution < -0.4 is 10.5 Å². The minimum absolute atomic E-state index is 0.227. The minimum atomic E-state index is -1.20. The van der Waals surface area contributed by atoms with E-state index in [0.717, 1.165) is 0 Å². The Morgan fingerprint density at radius 3 is 2.78 bits per heavy atom. The maximum atomic E-state index is 11.9. The summed E-state index contributed by atoms with van der Waals surface area (Å²) >= 11 is 5.85. The molecule has 0 saturated heterocycles. The van der Waals surface area contributed by atoms with E-state index in [0.29, 0.717) is 28.0 Å². The highest BCUT2D eigenvalue weighted by molar-refractivity contribution is 6.31. The molecule has 2 aromatic rings. The van der Waals surface area contributed by atoms with E-state index < -0.39 is 11.9 Å². The van der Waals surface area contributed by atoms with E-state index in [2.05, 4.69) is 4.98 Å². The average Bonchev–Trinajstić information content (AvgIpc) is 2.28. The number of benzene rings is 1. The number of nitrogens with one attached hydrogen (secondary N) is 1. The molecule has 1 heterocycles. The predicted octanol–water partition coefficient (Wildman–Crippen LogP) is 1.42. The Bertz CT molecular complexity index is 663. The highest BCUT2D eigenvalue weighted by Gasteiger charge is 2.13. The van der Waals surface area contributed by atoms with Crippen LogP contribution in [0.25, 0.3) is 10.9 Å². The van der Waals surface area contributed by atoms with Crippen LogP contribution >= 0.6 is 11.6 Å². The number of carboxylic acid groups (broad SMARTS) is 1. The number of pyridine rings is 1. The Balaban J connectivity index is 2.67. The van der Waals surface area contributed by atoms with Crippen molar-refractivity contribution in [3.05, 3.63) is 45.2 Å². The quantitative estimate of drug-likeness (QED) is 0.911. The van der Waals surface area contributed by atoms with Crippen molar-refractivity contribution in [3.63, 3.8) is 0 Å². The van der Waals surface area contributed by atoms with Crippen LogP contribution in [-0.4, -0.2) is 11.0 Å². The third-order valence-corrected chi connectivity index (χ3v) is 3.12. The maximum absolute atomic E-state index is 11.9. The SMILES string of the molecule is CCC(C(=O)[O-])c1cc(=O)c2ccc(Cl)cc2[nH]1. The van der Waals surface area contributed by atoms with Crippen molar-refractivity contribution < 1.29 is 9.90 Å². The van der Waals surface area contributed by atoms with Gasteiger partial charge in [0.25, 0.3) is 0 Å². The normalized spacial score (nSPS) is 12.6. The monoisotopic (exact) mass is 264 g/mol. The number of fused-ring (bicyclic) bond motifs is 1. The Kier molecular flexibility index (Phi) is 3.39. The summed E-state index contributed by atoms with van der Waals surface area (Å²) in [5, 5.41) is 12.0. The number of halogens is 1. The minimum Gasteiger partial charge on any atom is -0.549 e. The van der Waals surface area contributed by atoms with Crippen molar-refractivity contribution in [1.82, 2.24) is 4.98 Å². The van der Waals surface area contributed by atoms with E-state index in [4.69, 9.17) is 11.6 Å². The highest BCUT2D eigenvalue weighted by Crippen LogP contribution is 2.20. The van der Waals surface area contributed by atoms with E-state index in [1.807, 2.05) is 0 Å². The van der Waals surface area contributed by atoms with Gasteiger partial charge in [-0.15, -0.1) is 0 Å². The van der Waals surface area contributed by atoms with Crippen molar-refractivity contribution >= 4 is 28.5 Å². The van der Waals surface area contributed by atoms with Gasteiger partial charge in [0.1, 0.15) is 0 Å². The van der Waals surface area contributed by atoms with Crippen molar-refractivity contribution in [2.75, 3.05) is 0 Å². The van der Waals surface area contributed by atoms with Crippen LogP contribution in [0.5, 0.6) is 0 Å². The number of hydrogen-bond acceptors (Lipinski definition) is 3. The average molecular weight is 265 g/mol. The molecule has 1 aromatic carbocycles. The van der Waals surface area contributed by atoms with Crippen LogP contribution in [0.2, 0.25) is 5.02 Å². The zero-order chi connectivity index (χ0) is 13.3. The van der Waals surface area contributed by atoms with E-state index in [1.165, 1.54) is 6.07 Å². The fraction of sp³-hybridized carbons (Fsp3) is 0.231. The first-order valence-corrected chi connectivity index (χ1v) is 5.94. The lowest BCUT2D eigenvalue weighted by Crippen LogP contribution is -2.30. The summed E-state index contributed by atoms with van der Waals surface area (Å²) in [6.45, 7) is 1.72. The third kappa shape index (κ3) is 2.24. The van der Waals surface area contributed by atoms with Gasteiger partial charge in [0.15, 0.2) is 5.43 Å². The second kappa shape index (κ2) is 4.82. The Hall–Kier alpha value is -1.81. The number of carbonyl (C=O) groups is 1. The number of hydrogen-bond donors (Lipinski definition) is 1. The Morgan fingerprint density at radius 2 is 2.17 bits per heavy atom. The molecule has 94 valence electrons. The summed E-state index contributed by atoms with van der Waals surface area (Å²) in [6, 6.07) is 6.14. The Labute approximate surface area is 108 Å². The molecule has 0 aliphatic carbocycles. The molecule has 0 fully saturated rings. The van der Waals surface area contributed by atoms with Crippen LogP contribution in [0.15, 0.2) is 29.1 Å². The number of carboxylic acids is 1. The fourth-order valence-corrected chi connectivity index (χ4v) is 2.12. The zero-order valence-corrected chi connectivity index (χ0v) is 10.5. The molecule has 4 nitrogen and oxygen atoms in total. The first kappa shape index (κ1) is 12.6. The van der Waals surface area contributed by atoms with Crippen LogP contribution in [0.3, 0.4) is 0 Å². The lowest BCUT2D eigenvalue weighted by atomic mass is 10.0. The number of aliphatic carboxylic acids is 1. The predicted molar refractivity (Wildman–Crippen MR) is 67.6 cm³/mol. The van der Waals surface area contributed by atoms with Crippen molar-refractivity contribution in [3.8, 4) is 0 Å². The lowest BCUT2D eigenvalue weighted by Gasteiger charge is -2.16. The summed E-state index contributed by atoms with van der Waals surface area (Å²) in [5.74, 6) is -2.02.